The van der Waals surface area contributed by atoms with Crippen molar-refractivity contribution in [3.05, 3.63) is 32.8 Å². The molecule has 5 nitrogen and oxygen atoms in total. The average molecular weight is 233 g/mol. The Kier molecular flexibility index (Phi) is 2.61. The maximum atomic E-state index is 10.4. The molecule has 64 valence electrons. The minimum atomic E-state index is -0.563. The number of halogens is 1. The second-order valence-corrected chi connectivity index (χ2v) is 2.90. The van der Waals surface area contributed by atoms with Gasteiger partial charge in [-0.1, -0.05) is 15.9 Å². The zero-order valence-corrected chi connectivity index (χ0v) is 7.45. The SMILES string of the molecule is NOc1ccc(Br)cc1[N+](=O)[O-]. The van der Waals surface area contributed by atoms with Crippen LogP contribution in [0.25, 0.3) is 0 Å². The molecule has 1 aromatic rings. The largest absolute Gasteiger partial charge is 0.404 e. The van der Waals surface area contributed by atoms with Gasteiger partial charge in [-0.25, -0.2) is 0 Å². The molecule has 0 aliphatic heterocycles. The summed E-state index contributed by atoms with van der Waals surface area (Å²) in [5, 5.41) is 10.4. The van der Waals surface area contributed by atoms with E-state index in [9.17, 15) is 10.1 Å². The van der Waals surface area contributed by atoms with Crippen molar-refractivity contribution in [1.29, 1.82) is 0 Å². The number of rotatable bonds is 2. The molecule has 0 saturated carbocycles. The molecule has 0 saturated heterocycles. The Bertz CT molecular complexity index is 316. The fraction of sp³-hybridized carbons (Fsp3) is 0. The lowest BCUT2D eigenvalue weighted by Crippen LogP contribution is -2.04. The second-order valence-electron chi connectivity index (χ2n) is 1.99. The van der Waals surface area contributed by atoms with E-state index < -0.39 is 4.92 Å². The van der Waals surface area contributed by atoms with Crippen LogP contribution in [-0.2, 0) is 0 Å². The second kappa shape index (κ2) is 3.51. The van der Waals surface area contributed by atoms with E-state index in [0.717, 1.165) is 0 Å². The van der Waals surface area contributed by atoms with Crippen molar-refractivity contribution in [3.8, 4) is 5.75 Å². The Balaban J connectivity index is 3.21. The smallest absolute Gasteiger partial charge is 0.314 e. The van der Waals surface area contributed by atoms with Crippen LogP contribution in [0.5, 0.6) is 5.75 Å². The maximum absolute atomic E-state index is 10.4. The zero-order valence-electron chi connectivity index (χ0n) is 5.86. The molecular formula is C6H5BrN2O3. The summed E-state index contributed by atoms with van der Waals surface area (Å²) in [6.07, 6.45) is 0. The molecule has 0 heterocycles. The lowest BCUT2D eigenvalue weighted by molar-refractivity contribution is -0.386. The molecule has 0 unspecified atom stereocenters. The van der Waals surface area contributed by atoms with Gasteiger partial charge in [-0.3, -0.25) is 10.1 Å². The minimum Gasteiger partial charge on any atom is -0.404 e. The Labute approximate surface area is 76.4 Å². The summed E-state index contributed by atoms with van der Waals surface area (Å²) in [4.78, 5) is 14.1. The molecule has 0 fully saturated rings. The predicted octanol–water partition coefficient (Wildman–Crippen LogP) is 1.61. The number of nitrogens with two attached hydrogens (primary N) is 1. The molecule has 0 atom stereocenters. The summed E-state index contributed by atoms with van der Waals surface area (Å²) >= 11 is 3.09. The molecule has 0 aliphatic rings. The first-order valence-electron chi connectivity index (χ1n) is 2.96. The van der Waals surface area contributed by atoms with Gasteiger partial charge >= 0.3 is 5.69 Å². The first-order chi connectivity index (χ1) is 5.65. The molecule has 1 aromatic carbocycles. The van der Waals surface area contributed by atoms with Crippen LogP contribution >= 0.6 is 15.9 Å². The van der Waals surface area contributed by atoms with Crippen LogP contribution < -0.4 is 10.7 Å². The highest BCUT2D eigenvalue weighted by atomic mass is 79.9. The van der Waals surface area contributed by atoms with Crippen LogP contribution in [0.4, 0.5) is 5.69 Å². The highest BCUT2D eigenvalue weighted by Crippen LogP contribution is 2.28. The first kappa shape index (κ1) is 8.95. The molecule has 0 aromatic heterocycles. The zero-order chi connectivity index (χ0) is 9.14. The molecular weight excluding hydrogens is 228 g/mol. The highest BCUT2D eigenvalue weighted by molar-refractivity contribution is 9.10. The van der Waals surface area contributed by atoms with Gasteiger partial charge in [0, 0.05) is 10.5 Å². The van der Waals surface area contributed by atoms with Crippen molar-refractivity contribution >= 4 is 21.6 Å². The van der Waals surface area contributed by atoms with Gasteiger partial charge in [0.1, 0.15) is 0 Å². The van der Waals surface area contributed by atoms with E-state index in [1.165, 1.54) is 12.1 Å². The maximum Gasteiger partial charge on any atom is 0.314 e. The molecule has 0 bridgehead atoms. The van der Waals surface area contributed by atoms with Crippen molar-refractivity contribution in [3.63, 3.8) is 0 Å². The van der Waals surface area contributed by atoms with Gasteiger partial charge in [-0.2, -0.15) is 5.90 Å². The monoisotopic (exact) mass is 232 g/mol. The fourth-order valence-corrected chi connectivity index (χ4v) is 1.08. The average Bonchev–Trinajstić information content (AvgIpc) is 2.04. The summed E-state index contributed by atoms with van der Waals surface area (Å²) < 4.78 is 0.606. The quantitative estimate of drug-likeness (QED) is 0.621. The Morgan fingerprint density at radius 3 is 2.75 bits per heavy atom. The van der Waals surface area contributed by atoms with Crippen molar-refractivity contribution < 1.29 is 9.76 Å². The number of nitro benzene ring substituents is 1. The number of hydrogen-bond donors (Lipinski definition) is 1. The van der Waals surface area contributed by atoms with Crippen molar-refractivity contribution in [2.75, 3.05) is 0 Å². The lowest BCUT2D eigenvalue weighted by atomic mass is 10.3. The Hall–Kier alpha value is -1.14. The fourth-order valence-electron chi connectivity index (χ4n) is 0.733. The molecule has 2 N–H and O–H groups in total. The van der Waals surface area contributed by atoms with Gasteiger partial charge in [0.25, 0.3) is 0 Å². The molecule has 12 heavy (non-hydrogen) atoms. The van der Waals surface area contributed by atoms with Gasteiger partial charge < -0.3 is 4.84 Å². The third-order valence-electron chi connectivity index (χ3n) is 1.24. The van der Waals surface area contributed by atoms with E-state index in [4.69, 9.17) is 5.90 Å². The van der Waals surface area contributed by atoms with Crippen LogP contribution in [0.1, 0.15) is 0 Å². The third kappa shape index (κ3) is 1.72. The molecule has 0 aliphatic carbocycles. The van der Waals surface area contributed by atoms with E-state index in [1.54, 1.807) is 6.07 Å². The highest BCUT2D eigenvalue weighted by Gasteiger charge is 2.14. The van der Waals surface area contributed by atoms with E-state index in [0.29, 0.717) is 4.47 Å². The van der Waals surface area contributed by atoms with Gasteiger partial charge in [0.2, 0.25) is 5.75 Å². The lowest BCUT2D eigenvalue weighted by Gasteiger charge is -1.99. The third-order valence-corrected chi connectivity index (χ3v) is 1.74. The van der Waals surface area contributed by atoms with E-state index in [2.05, 4.69) is 20.8 Å². The van der Waals surface area contributed by atoms with Gasteiger partial charge in [0.15, 0.2) is 0 Å². The molecule has 1 rings (SSSR count). The van der Waals surface area contributed by atoms with Crippen molar-refractivity contribution in [1.82, 2.24) is 0 Å². The molecule has 0 radical (unpaired) electrons. The summed E-state index contributed by atoms with van der Waals surface area (Å²) in [5.41, 5.74) is -0.160. The summed E-state index contributed by atoms with van der Waals surface area (Å²) in [7, 11) is 0. The van der Waals surface area contributed by atoms with E-state index in [1.807, 2.05) is 0 Å². The normalized spacial score (nSPS) is 9.50. The Morgan fingerprint density at radius 1 is 1.58 bits per heavy atom. The number of nitrogens with zero attached hydrogens (tertiary/aromatic N) is 1. The molecule has 0 spiro atoms. The summed E-state index contributed by atoms with van der Waals surface area (Å²) in [6, 6.07) is 4.35. The summed E-state index contributed by atoms with van der Waals surface area (Å²) in [5.74, 6) is 4.86. The van der Waals surface area contributed by atoms with Gasteiger partial charge in [-0.05, 0) is 12.1 Å². The number of benzene rings is 1. The van der Waals surface area contributed by atoms with Crippen molar-refractivity contribution in [2.45, 2.75) is 0 Å². The molecule has 6 heteroatoms. The Morgan fingerprint density at radius 2 is 2.25 bits per heavy atom. The van der Waals surface area contributed by atoms with Crippen LogP contribution in [-0.4, -0.2) is 4.92 Å². The van der Waals surface area contributed by atoms with Gasteiger partial charge in [-0.15, -0.1) is 0 Å². The number of nitro groups is 1. The first-order valence-corrected chi connectivity index (χ1v) is 3.75. The van der Waals surface area contributed by atoms with Crippen LogP contribution in [0.3, 0.4) is 0 Å². The number of hydrogen-bond acceptors (Lipinski definition) is 4. The van der Waals surface area contributed by atoms with Crippen LogP contribution in [0.15, 0.2) is 22.7 Å². The van der Waals surface area contributed by atoms with Crippen LogP contribution in [0, 0.1) is 10.1 Å². The summed E-state index contributed by atoms with van der Waals surface area (Å²) in [6.45, 7) is 0. The standard InChI is InChI=1S/C6H5BrN2O3/c7-4-1-2-6(12-8)5(3-4)9(10)11/h1-3H,8H2. The van der Waals surface area contributed by atoms with E-state index in [-0.39, 0.29) is 11.4 Å². The van der Waals surface area contributed by atoms with Crippen LogP contribution in [0.2, 0.25) is 0 Å². The van der Waals surface area contributed by atoms with Gasteiger partial charge in [0.05, 0.1) is 4.92 Å². The van der Waals surface area contributed by atoms with Crippen molar-refractivity contribution in [2.24, 2.45) is 5.90 Å². The minimum absolute atomic E-state index is 0.0446. The topological polar surface area (TPSA) is 78.4 Å². The predicted molar refractivity (Wildman–Crippen MR) is 45.6 cm³/mol. The van der Waals surface area contributed by atoms with E-state index >= 15 is 0 Å². The molecule has 0 amide bonds.